The minimum atomic E-state index is 0.576. The highest BCUT2D eigenvalue weighted by atomic mass is 35.5. The van der Waals surface area contributed by atoms with Crippen molar-refractivity contribution in [3.63, 3.8) is 0 Å². The van der Waals surface area contributed by atoms with Gasteiger partial charge in [-0.1, -0.05) is 11.6 Å². The van der Waals surface area contributed by atoms with Crippen molar-refractivity contribution in [2.75, 3.05) is 18.2 Å². The lowest BCUT2D eigenvalue weighted by molar-refractivity contribution is 0.416. The molecule has 2 aromatic rings. The molecule has 0 fully saturated rings. The molecule has 3 N–H and O–H groups in total. The van der Waals surface area contributed by atoms with Gasteiger partial charge < -0.3 is 15.8 Å². The lowest BCUT2D eigenvalue weighted by Gasteiger charge is -2.13. The SMILES string of the molecule is COc1cc(Cl)c(C)cc1Nc1ncccc1N. The maximum absolute atomic E-state index is 6.05. The van der Waals surface area contributed by atoms with E-state index in [-0.39, 0.29) is 0 Å². The van der Waals surface area contributed by atoms with E-state index in [2.05, 4.69) is 10.3 Å². The van der Waals surface area contributed by atoms with Crippen LogP contribution in [-0.4, -0.2) is 12.1 Å². The van der Waals surface area contributed by atoms with Crippen LogP contribution in [0.5, 0.6) is 5.75 Å². The van der Waals surface area contributed by atoms with Gasteiger partial charge in [0, 0.05) is 17.3 Å². The molecule has 0 saturated heterocycles. The number of halogens is 1. The number of hydrogen-bond acceptors (Lipinski definition) is 4. The zero-order valence-corrected chi connectivity index (χ0v) is 11.0. The van der Waals surface area contributed by atoms with Crippen molar-refractivity contribution in [1.82, 2.24) is 4.98 Å². The van der Waals surface area contributed by atoms with Gasteiger partial charge in [-0.05, 0) is 30.7 Å². The molecule has 94 valence electrons. The molecule has 0 spiro atoms. The Morgan fingerprint density at radius 1 is 1.39 bits per heavy atom. The Morgan fingerprint density at radius 2 is 2.17 bits per heavy atom. The van der Waals surface area contributed by atoms with Gasteiger partial charge in [0.1, 0.15) is 5.75 Å². The van der Waals surface area contributed by atoms with Crippen LogP contribution in [-0.2, 0) is 0 Å². The molecule has 0 unspecified atom stereocenters. The standard InChI is InChI=1S/C13H14ClN3O/c1-8-6-11(12(18-2)7-9(8)14)17-13-10(15)4-3-5-16-13/h3-7H,15H2,1-2H3,(H,16,17). The summed E-state index contributed by atoms with van der Waals surface area (Å²) in [6, 6.07) is 7.23. The summed E-state index contributed by atoms with van der Waals surface area (Å²) in [6.45, 7) is 1.93. The Balaban J connectivity index is 2.40. The summed E-state index contributed by atoms with van der Waals surface area (Å²) in [5, 5.41) is 3.80. The van der Waals surface area contributed by atoms with Crippen LogP contribution in [0.4, 0.5) is 17.2 Å². The van der Waals surface area contributed by atoms with Crippen molar-refractivity contribution in [2.45, 2.75) is 6.92 Å². The number of pyridine rings is 1. The van der Waals surface area contributed by atoms with E-state index >= 15 is 0 Å². The van der Waals surface area contributed by atoms with Crippen LogP contribution in [0.25, 0.3) is 0 Å². The maximum atomic E-state index is 6.05. The highest BCUT2D eigenvalue weighted by molar-refractivity contribution is 6.31. The van der Waals surface area contributed by atoms with Gasteiger partial charge in [-0.15, -0.1) is 0 Å². The van der Waals surface area contributed by atoms with Gasteiger partial charge in [-0.3, -0.25) is 0 Å². The minimum absolute atomic E-state index is 0.576. The van der Waals surface area contributed by atoms with Crippen LogP contribution in [0.15, 0.2) is 30.5 Å². The highest BCUT2D eigenvalue weighted by Crippen LogP contribution is 2.33. The number of aryl methyl sites for hydroxylation is 1. The van der Waals surface area contributed by atoms with E-state index in [0.717, 1.165) is 11.3 Å². The van der Waals surface area contributed by atoms with Gasteiger partial charge in [-0.2, -0.15) is 0 Å². The predicted molar refractivity (Wildman–Crippen MR) is 74.7 cm³/mol. The molecule has 2 rings (SSSR count). The fourth-order valence-corrected chi connectivity index (χ4v) is 1.73. The number of nitrogens with two attached hydrogens (primary N) is 1. The third-order valence-electron chi connectivity index (χ3n) is 2.57. The Hall–Kier alpha value is -1.94. The van der Waals surface area contributed by atoms with Gasteiger partial charge >= 0.3 is 0 Å². The number of rotatable bonds is 3. The van der Waals surface area contributed by atoms with E-state index in [1.54, 1.807) is 31.5 Å². The topological polar surface area (TPSA) is 60.2 Å². The second-order valence-electron chi connectivity index (χ2n) is 3.87. The Kier molecular flexibility index (Phi) is 3.58. The number of nitrogens with one attached hydrogen (secondary N) is 1. The molecule has 1 aromatic heterocycles. The van der Waals surface area contributed by atoms with Crippen LogP contribution >= 0.6 is 11.6 Å². The number of methoxy groups -OCH3 is 1. The largest absolute Gasteiger partial charge is 0.495 e. The first-order valence-electron chi connectivity index (χ1n) is 5.43. The molecule has 1 heterocycles. The van der Waals surface area contributed by atoms with Gasteiger partial charge in [0.25, 0.3) is 0 Å². The third-order valence-corrected chi connectivity index (χ3v) is 2.98. The Morgan fingerprint density at radius 3 is 2.83 bits per heavy atom. The molecule has 0 bridgehead atoms. The second kappa shape index (κ2) is 5.14. The van der Waals surface area contributed by atoms with Crippen molar-refractivity contribution in [3.05, 3.63) is 41.0 Å². The Bertz CT molecular complexity index is 572. The van der Waals surface area contributed by atoms with Crippen molar-refractivity contribution < 1.29 is 4.74 Å². The molecular weight excluding hydrogens is 250 g/mol. The van der Waals surface area contributed by atoms with E-state index in [1.165, 1.54) is 0 Å². The quantitative estimate of drug-likeness (QED) is 0.891. The molecule has 0 amide bonds. The van der Waals surface area contributed by atoms with Crippen molar-refractivity contribution in [1.29, 1.82) is 0 Å². The summed E-state index contributed by atoms with van der Waals surface area (Å²) in [5.74, 6) is 1.24. The number of hydrogen-bond donors (Lipinski definition) is 2. The van der Waals surface area contributed by atoms with E-state index in [9.17, 15) is 0 Å². The Labute approximate surface area is 111 Å². The maximum Gasteiger partial charge on any atom is 0.153 e. The molecule has 0 aliphatic heterocycles. The zero-order chi connectivity index (χ0) is 13.1. The number of benzene rings is 1. The summed E-state index contributed by atoms with van der Waals surface area (Å²) in [5.41, 5.74) is 8.15. The van der Waals surface area contributed by atoms with E-state index in [4.69, 9.17) is 22.1 Å². The van der Waals surface area contributed by atoms with Crippen LogP contribution < -0.4 is 15.8 Å². The predicted octanol–water partition coefficient (Wildman–Crippen LogP) is 3.38. The summed E-state index contributed by atoms with van der Waals surface area (Å²) in [7, 11) is 1.59. The smallest absolute Gasteiger partial charge is 0.153 e. The number of nitrogens with zero attached hydrogens (tertiary/aromatic N) is 1. The average molecular weight is 264 g/mol. The summed E-state index contributed by atoms with van der Waals surface area (Å²) in [6.07, 6.45) is 1.67. The fourth-order valence-electron chi connectivity index (χ4n) is 1.58. The third kappa shape index (κ3) is 2.49. The van der Waals surface area contributed by atoms with Crippen LogP contribution in [0.2, 0.25) is 5.02 Å². The highest BCUT2D eigenvalue weighted by Gasteiger charge is 2.09. The average Bonchev–Trinajstić information content (AvgIpc) is 2.36. The second-order valence-corrected chi connectivity index (χ2v) is 4.28. The molecule has 1 aromatic carbocycles. The molecule has 0 radical (unpaired) electrons. The zero-order valence-electron chi connectivity index (χ0n) is 10.2. The lowest BCUT2D eigenvalue weighted by Crippen LogP contribution is -2.00. The summed E-state index contributed by atoms with van der Waals surface area (Å²) >= 11 is 6.05. The molecular formula is C13H14ClN3O. The van der Waals surface area contributed by atoms with Crippen LogP contribution in [0.3, 0.4) is 0 Å². The van der Waals surface area contributed by atoms with Crippen LogP contribution in [0, 0.1) is 6.92 Å². The number of ether oxygens (including phenoxy) is 1. The molecule has 5 heteroatoms. The molecule has 4 nitrogen and oxygen atoms in total. The molecule has 0 atom stereocenters. The minimum Gasteiger partial charge on any atom is -0.495 e. The fraction of sp³-hybridized carbons (Fsp3) is 0.154. The van der Waals surface area contributed by atoms with Crippen LogP contribution in [0.1, 0.15) is 5.56 Å². The summed E-state index contributed by atoms with van der Waals surface area (Å²) < 4.78 is 5.28. The van der Waals surface area contributed by atoms with Gasteiger partial charge in [-0.25, -0.2) is 4.98 Å². The van der Waals surface area contributed by atoms with Crippen molar-refractivity contribution >= 4 is 28.8 Å². The van der Waals surface area contributed by atoms with Crippen molar-refractivity contribution in [3.8, 4) is 5.75 Å². The summed E-state index contributed by atoms with van der Waals surface area (Å²) in [4.78, 5) is 4.18. The molecule has 18 heavy (non-hydrogen) atoms. The number of aromatic nitrogens is 1. The number of nitrogen functional groups attached to an aromatic ring is 1. The van der Waals surface area contributed by atoms with Crippen molar-refractivity contribution in [2.24, 2.45) is 0 Å². The van der Waals surface area contributed by atoms with Gasteiger partial charge in [0.15, 0.2) is 5.82 Å². The molecule has 0 aliphatic rings. The number of anilines is 3. The molecule has 0 aliphatic carbocycles. The lowest BCUT2D eigenvalue weighted by atomic mass is 10.2. The first-order chi connectivity index (χ1) is 8.61. The molecule has 0 saturated carbocycles. The normalized spacial score (nSPS) is 10.2. The van der Waals surface area contributed by atoms with E-state index < -0.39 is 0 Å². The van der Waals surface area contributed by atoms with Gasteiger partial charge in [0.2, 0.25) is 0 Å². The van der Waals surface area contributed by atoms with E-state index in [0.29, 0.717) is 22.3 Å². The monoisotopic (exact) mass is 263 g/mol. The first kappa shape index (κ1) is 12.5. The first-order valence-corrected chi connectivity index (χ1v) is 5.81. The van der Waals surface area contributed by atoms with E-state index in [1.807, 2.05) is 13.0 Å². The van der Waals surface area contributed by atoms with Gasteiger partial charge in [0.05, 0.1) is 18.5 Å².